The van der Waals surface area contributed by atoms with Crippen LogP contribution in [0.4, 0.5) is 5.69 Å². The van der Waals surface area contributed by atoms with Crippen LogP contribution in [0.15, 0.2) is 35.4 Å². The highest BCUT2D eigenvalue weighted by Crippen LogP contribution is 2.11. The number of carbonyl (C=O) groups is 1. The number of nitrogens with one attached hydrogen (secondary N) is 1. The molecule has 120 valence electrons. The maximum atomic E-state index is 11.8. The second-order valence-electron chi connectivity index (χ2n) is 4.53. The number of aromatic nitrogens is 3. The summed E-state index contributed by atoms with van der Waals surface area (Å²) in [6.07, 6.45) is 1.43. The van der Waals surface area contributed by atoms with Crippen molar-refractivity contribution >= 4 is 24.0 Å². The fourth-order valence-electron chi connectivity index (χ4n) is 1.73. The minimum atomic E-state index is -0.729. The summed E-state index contributed by atoms with van der Waals surface area (Å²) in [7, 11) is 3.10. The van der Waals surface area contributed by atoms with Gasteiger partial charge in [-0.3, -0.25) is 9.36 Å². The Bertz CT molecular complexity index is 680. The van der Waals surface area contributed by atoms with Crippen LogP contribution in [-0.4, -0.2) is 40.0 Å². The second kappa shape index (κ2) is 7.74. The van der Waals surface area contributed by atoms with Crippen LogP contribution >= 0.6 is 12.4 Å². The first-order valence-electron chi connectivity index (χ1n) is 6.29. The second-order valence-corrected chi connectivity index (χ2v) is 4.53. The highest BCUT2D eigenvalue weighted by atomic mass is 35.5. The van der Waals surface area contributed by atoms with Gasteiger partial charge in [-0.1, -0.05) is 0 Å². The van der Waals surface area contributed by atoms with Crippen LogP contribution in [0, 0.1) is 0 Å². The minimum absolute atomic E-state index is 0. The number of methoxy groups -OCH3 is 1. The van der Waals surface area contributed by atoms with Crippen LogP contribution in [0.5, 0.6) is 0 Å². The average Bonchev–Trinajstić information content (AvgIpc) is 2.80. The van der Waals surface area contributed by atoms with E-state index in [-0.39, 0.29) is 30.6 Å². The monoisotopic (exact) mass is 327 g/mol. The van der Waals surface area contributed by atoms with E-state index in [1.807, 2.05) is 0 Å². The molecule has 0 fully saturated rings. The lowest BCUT2D eigenvalue weighted by atomic mass is 10.2. The lowest BCUT2D eigenvalue weighted by Crippen LogP contribution is -2.39. The highest BCUT2D eigenvalue weighted by molar-refractivity contribution is 5.94. The zero-order valence-electron chi connectivity index (χ0n) is 12.2. The Morgan fingerprint density at radius 3 is 2.55 bits per heavy atom. The molecule has 2 aromatic rings. The molecule has 1 atom stereocenters. The lowest BCUT2D eigenvalue weighted by molar-refractivity contribution is -0.118. The van der Waals surface area contributed by atoms with Gasteiger partial charge in [-0.25, -0.2) is 4.79 Å². The lowest BCUT2D eigenvalue weighted by Gasteiger charge is -2.11. The van der Waals surface area contributed by atoms with Crippen LogP contribution in [0.2, 0.25) is 0 Å². The summed E-state index contributed by atoms with van der Waals surface area (Å²) in [4.78, 5) is 23.5. The molecule has 3 N–H and O–H groups in total. The molecule has 1 aromatic carbocycles. The highest BCUT2D eigenvalue weighted by Gasteiger charge is 2.13. The molecule has 0 radical (unpaired) electrons. The first kappa shape index (κ1) is 17.9. The van der Waals surface area contributed by atoms with Gasteiger partial charge in [0.2, 0.25) is 5.91 Å². The predicted octanol–water partition coefficient (Wildman–Crippen LogP) is -0.0950. The normalized spacial score (nSPS) is 11.6. The third kappa shape index (κ3) is 3.94. The largest absolute Gasteiger partial charge is 0.383 e. The summed E-state index contributed by atoms with van der Waals surface area (Å²) in [5, 5.41) is 6.64. The molecule has 1 heterocycles. The first-order chi connectivity index (χ1) is 10.0. The van der Waals surface area contributed by atoms with Crippen molar-refractivity contribution in [3.8, 4) is 5.69 Å². The zero-order chi connectivity index (χ0) is 15.4. The summed E-state index contributed by atoms with van der Waals surface area (Å²) in [5.74, 6) is -0.334. The number of halogens is 1. The molecule has 8 nitrogen and oxygen atoms in total. The van der Waals surface area contributed by atoms with Gasteiger partial charge >= 0.3 is 5.69 Å². The molecule has 0 spiro atoms. The molecule has 0 aliphatic carbocycles. The maximum absolute atomic E-state index is 11.8. The van der Waals surface area contributed by atoms with E-state index in [1.54, 1.807) is 31.3 Å². The molecular weight excluding hydrogens is 310 g/mol. The fraction of sp³-hybridized carbons (Fsp3) is 0.308. The van der Waals surface area contributed by atoms with E-state index in [4.69, 9.17) is 10.5 Å². The average molecular weight is 328 g/mol. The Hall–Kier alpha value is -2.16. The van der Waals surface area contributed by atoms with Crippen molar-refractivity contribution in [2.75, 3.05) is 19.0 Å². The molecule has 0 bridgehead atoms. The van der Waals surface area contributed by atoms with Gasteiger partial charge in [-0.15, -0.1) is 12.4 Å². The van der Waals surface area contributed by atoms with E-state index >= 15 is 0 Å². The summed E-state index contributed by atoms with van der Waals surface area (Å²) < 4.78 is 7.46. The number of nitrogens with zero attached hydrogens (tertiary/aromatic N) is 3. The van der Waals surface area contributed by atoms with E-state index in [0.717, 1.165) is 0 Å². The summed E-state index contributed by atoms with van der Waals surface area (Å²) >= 11 is 0. The Kier molecular flexibility index (Phi) is 6.29. The van der Waals surface area contributed by atoms with Gasteiger partial charge in [-0.05, 0) is 24.3 Å². The SMILES string of the molecule is COCC(N)C(=O)Nc1ccc(-n2ncn(C)c2=O)cc1.Cl. The van der Waals surface area contributed by atoms with Crippen LogP contribution in [0.1, 0.15) is 0 Å². The molecule has 2 rings (SSSR count). The predicted molar refractivity (Wildman–Crippen MR) is 84.5 cm³/mol. The molecule has 22 heavy (non-hydrogen) atoms. The number of rotatable bonds is 5. The number of nitrogens with two attached hydrogens (primary N) is 1. The Morgan fingerprint density at radius 1 is 1.41 bits per heavy atom. The molecule has 1 unspecified atom stereocenters. The molecule has 1 aromatic heterocycles. The van der Waals surface area contributed by atoms with Gasteiger partial charge in [0.15, 0.2) is 0 Å². The molecular formula is C13H18ClN5O3. The van der Waals surface area contributed by atoms with Crippen LogP contribution in [0.25, 0.3) is 5.69 Å². The van der Waals surface area contributed by atoms with Crippen molar-refractivity contribution < 1.29 is 9.53 Å². The van der Waals surface area contributed by atoms with Gasteiger partial charge in [0.05, 0.1) is 12.3 Å². The van der Waals surface area contributed by atoms with Crippen molar-refractivity contribution in [1.29, 1.82) is 0 Å². The third-order valence-electron chi connectivity index (χ3n) is 2.89. The van der Waals surface area contributed by atoms with E-state index < -0.39 is 6.04 Å². The van der Waals surface area contributed by atoms with Crippen LogP contribution < -0.4 is 16.7 Å². The van der Waals surface area contributed by atoms with Crippen molar-refractivity contribution in [1.82, 2.24) is 14.3 Å². The molecule has 0 aliphatic rings. The zero-order valence-corrected chi connectivity index (χ0v) is 13.0. The van der Waals surface area contributed by atoms with E-state index in [2.05, 4.69) is 10.4 Å². The van der Waals surface area contributed by atoms with Crippen molar-refractivity contribution in [2.24, 2.45) is 12.8 Å². The molecule has 1 amide bonds. The third-order valence-corrected chi connectivity index (χ3v) is 2.89. The first-order valence-corrected chi connectivity index (χ1v) is 6.29. The quantitative estimate of drug-likeness (QED) is 0.798. The summed E-state index contributed by atoms with van der Waals surface area (Å²) in [6.45, 7) is 0.146. The van der Waals surface area contributed by atoms with Crippen LogP contribution in [0.3, 0.4) is 0 Å². The number of anilines is 1. The van der Waals surface area contributed by atoms with Gasteiger partial charge in [0, 0.05) is 19.8 Å². The standard InChI is InChI=1S/C13H17N5O3.ClH/c1-17-8-15-18(13(17)20)10-5-3-9(4-6-10)16-12(19)11(14)7-21-2;/h3-6,8,11H,7,14H2,1-2H3,(H,16,19);1H. The topological polar surface area (TPSA) is 104 Å². The van der Waals surface area contributed by atoms with Gasteiger partial charge in [0.25, 0.3) is 0 Å². The molecule has 9 heteroatoms. The molecule has 0 aliphatic heterocycles. The van der Waals surface area contributed by atoms with Gasteiger partial charge in [-0.2, -0.15) is 9.78 Å². The van der Waals surface area contributed by atoms with E-state index in [0.29, 0.717) is 11.4 Å². The Balaban J connectivity index is 0.00000242. The fourth-order valence-corrected chi connectivity index (χ4v) is 1.73. The number of aryl methyl sites for hydroxylation is 1. The van der Waals surface area contributed by atoms with E-state index in [9.17, 15) is 9.59 Å². The van der Waals surface area contributed by atoms with E-state index in [1.165, 1.54) is 22.7 Å². The van der Waals surface area contributed by atoms with Crippen molar-refractivity contribution in [2.45, 2.75) is 6.04 Å². The van der Waals surface area contributed by atoms with Crippen molar-refractivity contribution in [3.05, 3.63) is 41.1 Å². The molecule has 0 saturated heterocycles. The van der Waals surface area contributed by atoms with Gasteiger partial charge < -0.3 is 15.8 Å². The van der Waals surface area contributed by atoms with Crippen molar-refractivity contribution in [3.63, 3.8) is 0 Å². The van der Waals surface area contributed by atoms with Gasteiger partial charge in [0.1, 0.15) is 12.4 Å². The smallest absolute Gasteiger partial charge is 0.350 e. The minimum Gasteiger partial charge on any atom is -0.383 e. The maximum Gasteiger partial charge on any atom is 0.350 e. The summed E-state index contributed by atoms with van der Waals surface area (Å²) in [6, 6.07) is 5.99. The number of hydrogen-bond donors (Lipinski definition) is 2. The Labute approximate surface area is 133 Å². The summed E-state index contributed by atoms with van der Waals surface area (Å²) in [5.41, 5.74) is 6.58. The van der Waals surface area contributed by atoms with Crippen LogP contribution in [-0.2, 0) is 16.6 Å². The number of carbonyl (C=O) groups excluding carboxylic acids is 1. The number of hydrogen-bond acceptors (Lipinski definition) is 5. The number of ether oxygens (including phenoxy) is 1. The number of amides is 1. The number of benzene rings is 1. The molecule has 0 saturated carbocycles. The Morgan fingerprint density at radius 2 is 2.05 bits per heavy atom.